The van der Waals surface area contributed by atoms with Crippen molar-refractivity contribution < 1.29 is 19.1 Å². The second kappa shape index (κ2) is 14.4. The standard InChI is InChI=1S/C33H32Cl2N4O4.ClH/c1-2-43-30(40)10-6-7-15-38-32(42)39(28-17-26(34)16-27(35)18-28)31(41)33(38)22-37(20-24-8-4-3-5-9-24)21-29(33)25-13-11-23(19-36)12-14-25;/h3-5,8-9,11-14,16-18,29H,2,6-7,10,15,20-22H2,1H3;1H. The van der Waals surface area contributed by atoms with Crippen molar-refractivity contribution >= 4 is 59.2 Å². The number of nitriles is 1. The highest BCUT2D eigenvalue weighted by molar-refractivity contribution is 6.35. The molecule has 11 heteroatoms. The first-order valence-corrected chi connectivity index (χ1v) is 15.1. The van der Waals surface area contributed by atoms with Crippen LogP contribution in [-0.2, 0) is 20.9 Å². The van der Waals surface area contributed by atoms with E-state index in [-0.39, 0.29) is 43.2 Å². The number of halogens is 3. The molecule has 44 heavy (non-hydrogen) atoms. The molecule has 0 bridgehead atoms. The van der Waals surface area contributed by atoms with Crippen molar-refractivity contribution in [2.24, 2.45) is 0 Å². The normalized spacial score (nSPS) is 19.7. The number of rotatable bonds is 10. The predicted octanol–water partition coefficient (Wildman–Crippen LogP) is 6.83. The topological polar surface area (TPSA) is 93.9 Å². The van der Waals surface area contributed by atoms with E-state index in [1.807, 2.05) is 42.5 Å². The minimum atomic E-state index is -1.24. The van der Waals surface area contributed by atoms with Gasteiger partial charge < -0.3 is 9.64 Å². The predicted molar refractivity (Wildman–Crippen MR) is 172 cm³/mol. The van der Waals surface area contributed by atoms with E-state index in [1.54, 1.807) is 42.2 Å². The zero-order chi connectivity index (χ0) is 30.6. The van der Waals surface area contributed by atoms with E-state index < -0.39 is 11.6 Å². The summed E-state index contributed by atoms with van der Waals surface area (Å²) in [6.45, 7) is 3.75. The van der Waals surface area contributed by atoms with Crippen LogP contribution in [0.2, 0.25) is 10.0 Å². The van der Waals surface area contributed by atoms with Crippen molar-refractivity contribution in [2.75, 3.05) is 31.1 Å². The Morgan fingerprint density at radius 3 is 2.34 bits per heavy atom. The lowest BCUT2D eigenvalue weighted by Crippen LogP contribution is -2.55. The van der Waals surface area contributed by atoms with Gasteiger partial charge in [-0.25, -0.2) is 9.69 Å². The van der Waals surface area contributed by atoms with E-state index in [0.717, 1.165) is 11.1 Å². The number of imide groups is 1. The minimum Gasteiger partial charge on any atom is -0.466 e. The Balaban J connectivity index is 0.00000442. The number of carbonyl (C=O) groups excluding carboxylic acids is 3. The molecule has 3 aromatic rings. The van der Waals surface area contributed by atoms with Crippen molar-refractivity contribution in [1.29, 1.82) is 5.26 Å². The van der Waals surface area contributed by atoms with Crippen LogP contribution in [0.15, 0.2) is 72.8 Å². The number of hydrogen-bond donors (Lipinski definition) is 0. The maximum atomic E-state index is 14.7. The Morgan fingerprint density at radius 2 is 1.70 bits per heavy atom. The summed E-state index contributed by atoms with van der Waals surface area (Å²) in [6.07, 6.45) is 1.23. The zero-order valence-corrected chi connectivity index (χ0v) is 26.6. The molecule has 3 aromatic carbocycles. The van der Waals surface area contributed by atoms with Gasteiger partial charge in [0, 0.05) is 48.6 Å². The molecule has 0 radical (unpaired) electrons. The third-order valence-electron chi connectivity index (χ3n) is 8.07. The average Bonchev–Trinajstić information content (AvgIpc) is 3.45. The van der Waals surface area contributed by atoms with Gasteiger partial charge in [0.05, 0.1) is 23.9 Å². The summed E-state index contributed by atoms with van der Waals surface area (Å²) in [5, 5.41) is 10.0. The average molecular weight is 656 g/mol. The van der Waals surface area contributed by atoms with Crippen molar-refractivity contribution in [3.8, 4) is 6.07 Å². The van der Waals surface area contributed by atoms with E-state index in [4.69, 9.17) is 27.9 Å². The van der Waals surface area contributed by atoms with Gasteiger partial charge >= 0.3 is 12.0 Å². The molecule has 5 rings (SSSR count). The van der Waals surface area contributed by atoms with E-state index >= 15 is 0 Å². The number of urea groups is 1. The molecule has 2 atom stereocenters. The molecule has 0 saturated carbocycles. The van der Waals surface area contributed by atoms with Crippen LogP contribution in [0.5, 0.6) is 0 Å². The number of benzene rings is 3. The lowest BCUT2D eigenvalue weighted by atomic mass is 9.80. The van der Waals surface area contributed by atoms with Gasteiger partial charge in [0.25, 0.3) is 5.91 Å². The molecule has 0 aliphatic carbocycles. The minimum absolute atomic E-state index is 0. The molecule has 8 nitrogen and oxygen atoms in total. The van der Waals surface area contributed by atoms with Crippen LogP contribution in [-0.4, -0.2) is 59.5 Å². The first kappa shape index (κ1) is 33.3. The largest absolute Gasteiger partial charge is 0.466 e. The molecule has 2 aliphatic heterocycles. The van der Waals surface area contributed by atoms with E-state index in [9.17, 15) is 19.6 Å². The van der Waals surface area contributed by atoms with Gasteiger partial charge in [-0.3, -0.25) is 14.5 Å². The van der Waals surface area contributed by atoms with Crippen molar-refractivity contribution in [3.63, 3.8) is 0 Å². The smallest absolute Gasteiger partial charge is 0.332 e. The maximum Gasteiger partial charge on any atom is 0.332 e. The third-order valence-corrected chi connectivity index (χ3v) is 8.51. The molecule has 0 aromatic heterocycles. The van der Waals surface area contributed by atoms with Crippen LogP contribution in [0, 0.1) is 11.3 Å². The van der Waals surface area contributed by atoms with Crippen LogP contribution >= 0.6 is 35.6 Å². The molecule has 1 spiro atoms. The fraction of sp³-hybridized carbons (Fsp3) is 0.333. The second-order valence-corrected chi connectivity index (χ2v) is 11.7. The summed E-state index contributed by atoms with van der Waals surface area (Å²) in [5.41, 5.74) is 1.53. The van der Waals surface area contributed by atoms with Gasteiger partial charge in [0.15, 0.2) is 0 Å². The maximum absolute atomic E-state index is 14.7. The Labute approximate surface area is 273 Å². The van der Waals surface area contributed by atoms with Crippen LogP contribution < -0.4 is 4.90 Å². The number of amides is 3. The van der Waals surface area contributed by atoms with Crippen LogP contribution in [0.1, 0.15) is 48.8 Å². The Bertz CT molecular complexity index is 1530. The number of nitrogens with zero attached hydrogens (tertiary/aromatic N) is 4. The summed E-state index contributed by atoms with van der Waals surface area (Å²) in [7, 11) is 0. The SMILES string of the molecule is CCOC(=O)CCCCN1C(=O)N(c2cc(Cl)cc(Cl)c2)C(=O)C12CN(Cc1ccccc1)CC2c1ccc(C#N)cc1.Cl. The Hall–Kier alpha value is -3.61. The lowest BCUT2D eigenvalue weighted by Gasteiger charge is -2.36. The summed E-state index contributed by atoms with van der Waals surface area (Å²) in [5.74, 6) is -1.03. The molecule has 230 valence electrons. The number of carbonyl (C=O) groups is 3. The van der Waals surface area contributed by atoms with Gasteiger partial charge in [-0.1, -0.05) is 65.7 Å². The first-order valence-electron chi connectivity index (χ1n) is 14.3. The van der Waals surface area contributed by atoms with Gasteiger partial charge in [-0.2, -0.15) is 5.26 Å². The summed E-state index contributed by atoms with van der Waals surface area (Å²) in [4.78, 5) is 46.0. The summed E-state index contributed by atoms with van der Waals surface area (Å²) in [6, 6.07) is 23.6. The molecule has 2 unspecified atom stereocenters. The molecule has 2 aliphatic rings. The van der Waals surface area contributed by atoms with Gasteiger partial charge in [0.1, 0.15) is 5.54 Å². The Morgan fingerprint density at radius 1 is 1.02 bits per heavy atom. The molecular weight excluding hydrogens is 623 g/mol. The third kappa shape index (κ3) is 6.72. The van der Waals surface area contributed by atoms with Gasteiger partial charge in [-0.05, 0) is 61.2 Å². The number of likely N-dealkylation sites (tertiary alicyclic amines) is 1. The molecular formula is C33H33Cl3N4O4. The zero-order valence-electron chi connectivity index (χ0n) is 24.2. The van der Waals surface area contributed by atoms with Gasteiger partial charge in [-0.15, -0.1) is 12.4 Å². The molecule has 2 saturated heterocycles. The van der Waals surface area contributed by atoms with Crippen LogP contribution in [0.4, 0.5) is 10.5 Å². The van der Waals surface area contributed by atoms with Crippen LogP contribution in [0.3, 0.4) is 0 Å². The van der Waals surface area contributed by atoms with E-state index in [0.29, 0.717) is 60.4 Å². The summed E-state index contributed by atoms with van der Waals surface area (Å²) >= 11 is 12.6. The quantitative estimate of drug-likeness (QED) is 0.135. The number of esters is 1. The van der Waals surface area contributed by atoms with Crippen molar-refractivity contribution in [2.45, 2.75) is 44.2 Å². The highest BCUT2D eigenvalue weighted by atomic mass is 35.5. The fourth-order valence-corrected chi connectivity index (χ4v) is 6.71. The first-order chi connectivity index (χ1) is 20.8. The molecule has 3 amide bonds. The lowest BCUT2D eigenvalue weighted by molar-refractivity contribution is -0.143. The number of anilines is 1. The van der Waals surface area contributed by atoms with E-state index in [2.05, 4.69) is 11.0 Å². The fourth-order valence-electron chi connectivity index (χ4n) is 6.20. The van der Waals surface area contributed by atoms with Crippen LogP contribution in [0.25, 0.3) is 0 Å². The van der Waals surface area contributed by atoms with Crippen molar-refractivity contribution in [1.82, 2.24) is 9.80 Å². The molecule has 2 fully saturated rings. The van der Waals surface area contributed by atoms with Gasteiger partial charge in [0.2, 0.25) is 0 Å². The molecule has 0 N–H and O–H groups in total. The number of unbranched alkanes of at least 4 members (excludes halogenated alkanes) is 1. The number of ether oxygens (including phenoxy) is 1. The molecule has 2 heterocycles. The highest BCUT2D eigenvalue weighted by Crippen LogP contribution is 2.48. The Kier molecular flexibility index (Phi) is 10.9. The summed E-state index contributed by atoms with van der Waals surface area (Å²) < 4.78 is 5.07. The second-order valence-electron chi connectivity index (χ2n) is 10.8. The number of hydrogen-bond acceptors (Lipinski definition) is 6. The monoisotopic (exact) mass is 654 g/mol. The highest BCUT2D eigenvalue weighted by Gasteiger charge is 2.65. The van der Waals surface area contributed by atoms with Crippen molar-refractivity contribution in [3.05, 3.63) is 99.5 Å². The van der Waals surface area contributed by atoms with E-state index in [1.165, 1.54) is 4.90 Å².